The highest BCUT2D eigenvalue weighted by molar-refractivity contribution is 9.10. The van der Waals surface area contributed by atoms with Crippen molar-refractivity contribution in [2.24, 2.45) is 5.92 Å². The Labute approximate surface area is 166 Å². The van der Waals surface area contributed by atoms with E-state index in [4.69, 9.17) is 4.42 Å². The van der Waals surface area contributed by atoms with Crippen molar-refractivity contribution in [1.82, 2.24) is 10.2 Å². The number of rotatable bonds is 4. The third-order valence-corrected chi connectivity index (χ3v) is 5.89. The quantitative estimate of drug-likeness (QED) is 0.788. The second-order valence-electron chi connectivity index (χ2n) is 6.81. The molecule has 7 heteroatoms. The molecule has 2 amide bonds. The number of likely N-dealkylation sites (tertiary alicyclic amines) is 1. The lowest BCUT2D eigenvalue weighted by molar-refractivity contribution is -0.126. The highest BCUT2D eigenvalue weighted by Crippen LogP contribution is 2.30. The van der Waals surface area contributed by atoms with Gasteiger partial charge in [-0.3, -0.25) is 9.59 Å². The first-order valence-electron chi connectivity index (χ1n) is 8.93. The second kappa shape index (κ2) is 8.25. The first kappa shape index (κ1) is 19.6. The first-order valence-corrected chi connectivity index (χ1v) is 9.73. The van der Waals surface area contributed by atoms with Gasteiger partial charge in [0.1, 0.15) is 17.3 Å². The van der Waals surface area contributed by atoms with Gasteiger partial charge in [-0.1, -0.05) is 12.1 Å². The summed E-state index contributed by atoms with van der Waals surface area (Å²) >= 11 is 3.42. The third-order valence-electron chi connectivity index (χ3n) is 4.93. The van der Waals surface area contributed by atoms with Crippen molar-refractivity contribution in [1.29, 1.82) is 0 Å². The number of carbonyl (C=O) groups is 2. The van der Waals surface area contributed by atoms with E-state index in [9.17, 15) is 14.0 Å². The summed E-state index contributed by atoms with van der Waals surface area (Å²) in [4.78, 5) is 26.9. The predicted octanol–water partition coefficient (Wildman–Crippen LogP) is 3.97. The summed E-state index contributed by atoms with van der Waals surface area (Å²) in [5.41, 5.74) is 1.42. The molecule has 0 unspecified atom stereocenters. The number of hydrogen-bond donors (Lipinski definition) is 1. The molecule has 1 N–H and O–H groups in total. The number of carbonyl (C=O) groups excluding carboxylic acids is 2. The van der Waals surface area contributed by atoms with Gasteiger partial charge in [-0.2, -0.15) is 0 Å². The molecule has 1 aliphatic heterocycles. The number of piperidine rings is 1. The molecular formula is C20H22BrFN2O3. The van der Waals surface area contributed by atoms with Gasteiger partial charge in [-0.25, -0.2) is 4.39 Å². The topological polar surface area (TPSA) is 62.6 Å². The van der Waals surface area contributed by atoms with Crippen LogP contribution in [0.5, 0.6) is 0 Å². The molecular weight excluding hydrogens is 415 g/mol. The van der Waals surface area contributed by atoms with Crippen molar-refractivity contribution in [3.63, 3.8) is 0 Å². The molecule has 1 aliphatic rings. The van der Waals surface area contributed by atoms with E-state index in [1.165, 1.54) is 12.1 Å². The van der Waals surface area contributed by atoms with Crippen LogP contribution in [-0.2, 0) is 11.3 Å². The standard InChI is InChI=1S/C20H22BrFN2O3/c1-12-17(18(21)13(2)27-12)20(26)24-9-7-15(8-10-24)19(25)23-11-14-3-5-16(22)6-4-14/h3-6,15H,7-11H2,1-2H3,(H,23,25). The minimum absolute atomic E-state index is 0.0251. The molecule has 0 saturated carbocycles. The van der Waals surface area contributed by atoms with Crippen LogP contribution in [-0.4, -0.2) is 29.8 Å². The largest absolute Gasteiger partial charge is 0.465 e. The van der Waals surface area contributed by atoms with Crippen LogP contribution in [0, 0.1) is 25.6 Å². The van der Waals surface area contributed by atoms with E-state index in [2.05, 4.69) is 21.2 Å². The van der Waals surface area contributed by atoms with E-state index in [-0.39, 0.29) is 23.5 Å². The molecule has 27 heavy (non-hydrogen) atoms. The van der Waals surface area contributed by atoms with Crippen molar-refractivity contribution in [2.75, 3.05) is 13.1 Å². The highest BCUT2D eigenvalue weighted by atomic mass is 79.9. The van der Waals surface area contributed by atoms with Gasteiger partial charge in [0, 0.05) is 25.6 Å². The second-order valence-corrected chi connectivity index (χ2v) is 7.61. The molecule has 3 rings (SSSR count). The molecule has 1 fully saturated rings. The zero-order chi connectivity index (χ0) is 19.6. The molecule has 1 aromatic carbocycles. The summed E-state index contributed by atoms with van der Waals surface area (Å²) in [6.45, 7) is 5.03. The van der Waals surface area contributed by atoms with E-state index >= 15 is 0 Å². The number of halogens is 2. The minimum atomic E-state index is -0.295. The summed E-state index contributed by atoms with van der Waals surface area (Å²) in [6, 6.07) is 6.07. The average molecular weight is 437 g/mol. The van der Waals surface area contributed by atoms with Gasteiger partial charge in [-0.15, -0.1) is 0 Å². The van der Waals surface area contributed by atoms with Crippen molar-refractivity contribution < 1.29 is 18.4 Å². The van der Waals surface area contributed by atoms with Gasteiger partial charge in [0.15, 0.2) is 0 Å². The number of nitrogens with one attached hydrogen (secondary N) is 1. The fourth-order valence-corrected chi connectivity index (χ4v) is 3.87. The van der Waals surface area contributed by atoms with Crippen LogP contribution >= 0.6 is 15.9 Å². The molecule has 1 saturated heterocycles. The summed E-state index contributed by atoms with van der Waals surface area (Å²) in [5.74, 6) is 0.778. The van der Waals surface area contributed by atoms with Crippen LogP contribution in [0.25, 0.3) is 0 Å². The van der Waals surface area contributed by atoms with Crippen LogP contribution in [0.4, 0.5) is 4.39 Å². The Morgan fingerprint density at radius 2 is 1.81 bits per heavy atom. The average Bonchev–Trinajstić information content (AvgIpc) is 2.92. The van der Waals surface area contributed by atoms with Crippen molar-refractivity contribution in [3.05, 3.63) is 57.2 Å². The molecule has 0 atom stereocenters. The molecule has 0 bridgehead atoms. The Kier molecular flexibility index (Phi) is 5.99. The number of nitrogens with zero attached hydrogens (tertiary/aromatic N) is 1. The Hall–Kier alpha value is -2.15. The Morgan fingerprint density at radius 3 is 2.37 bits per heavy atom. The van der Waals surface area contributed by atoms with Gasteiger partial charge in [-0.05, 0) is 60.3 Å². The molecule has 0 radical (unpaired) electrons. The maximum Gasteiger partial charge on any atom is 0.258 e. The van der Waals surface area contributed by atoms with E-state index in [1.54, 1.807) is 24.0 Å². The van der Waals surface area contributed by atoms with Gasteiger partial charge in [0.2, 0.25) is 5.91 Å². The van der Waals surface area contributed by atoms with Crippen LogP contribution in [0.15, 0.2) is 33.2 Å². The zero-order valence-electron chi connectivity index (χ0n) is 15.4. The normalized spacial score (nSPS) is 15.0. The van der Waals surface area contributed by atoms with E-state index in [0.717, 1.165) is 5.56 Å². The van der Waals surface area contributed by atoms with Crippen molar-refractivity contribution in [3.8, 4) is 0 Å². The monoisotopic (exact) mass is 436 g/mol. The predicted molar refractivity (Wildman–Crippen MR) is 103 cm³/mol. The SMILES string of the molecule is Cc1oc(C)c(C(=O)N2CCC(C(=O)NCc3ccc(F)cc3)CC2)c1Br. The van der Waals surface area contributed by atoms with Crippen LogP contribution < -0.4 is 5.32 Å². The lowest BCUT2D eigenvalue weighted by Gasteiger charge is -2.31. The summed E-state index contributed by atoms with van der Waals surface area (Å²) in [7, 11) is 0. The molecule has 144 valence electrons. The first-order chi connectivity index (χ1) is 12.9. The van der Waals surface area contributed by atoms with Crippen LogP contribution in [0.3, 0.4) is 0 Å². The maximum absolute atomic E-state index is 12.9. The van der Waals surface area contributed by atoms with Gasteiger partial charge >= 0.3 is 0 Å². The van der Waals surface area contributed by atoms with Crippen molar-refractivity contribution in [2.45, 2.75) is 33.2 Å². The Morgan fingerprint density at radius 1 is 1.19 bits per heavy atom. The summed E-state index contributed by atoms with van der Waals surface area (Å²) in [5, 5.41) is 2.90. The molecule has 1 aromatic heterocycles. The number of amides is 2. The molecule has 0 aliphatic carbocycles. The van der Waals surface area contributed by atoms with E-state index in [1.807, 2.05) is 6.92 Å². The molecule has 2 heterocycles. The van der Waals surface area contributed by atoms with Crippen molar-refractivity contribution >= 4 is 27.7 Å². The lowest BCUT2D eigenvalue weighted by atomic mass is 9.95. The maximum atomic E-state index is 12.9. The molecule has 0 spiro atoms. The minimum Gasteiger partial charge on any atom is -0.465 e. The smallest absolute Gasteiger partial charge is 0.258 e. The number of furan rings is 1. The molecule has 5 nitrogen and oxygen atoms in total. The number of hydrogen-bond acceptors (Lipinski definition) is 3. The van der Waals surface area contributed by atoms with Gasteiger partial charge in [0.25, 0.3) is 5.91 Å². The van der Waals surface area contributed by atoms with Crippen LogP contribution in [0.2, 0.25) is 0 Å². The zero-order valence-corrected chi connectivity index (χ0v) is 16.9. The molecule has 2 aromatic rings. The van der Waals surface area contributed by atoms with Crippen LogP contribution in [0.1, 0.15) is 40.3 Å². The van der Waals surface area contributed by atoms with E-state index in [0.29, 0.717) is 54.0 Å². The fourth-order valence-electron chi connectivity index (χ4n) is 3.34. The summed E-state index contributed by atoms with van der Waals surface area (Å²) in [6.07, 6.45) is 1.24. The highest BCUT2D eigenvalue weighted by Gasteiger charge is 2.30. The lowest BCUT2D eigenvalue weighted by Crippen LogP contribution is -2.43. The Bertz CT molecular complexity index is 840. The van der Waals surface area contributed by atoms with Gasteiger partial charge in [0.05, 0.1) is 10.0 Å². The number of benzene rings is 1. The summed E-state index contributed by atoms with van der Waals surface area (Å²) < 4.78 is 19.1. The Balaban J connectivity index is 1.53. The fraction of sp³-hybridized carbons (Fsp3) is 0.400. The third kappa shape index (κ3) is 4.40. The number of aryl methyl sites for hydroxylation is 2. The van der Waals surface area contributed by atoms with Gasteiger partial charge < -0.3 is 14.6 Å². The van der Waals surface area contributed by atoms with E-state index < -0.39 is 0 Å².